The van der Waals surface area contributed by atoms with Crippen molar-refractivity contribution in [2.75, 3.05) is 14.2 Å². The van der Waals surface area contributed by atoms with E-state index in [0.717, 1.165) is 10.6 Å². The standard InChI is InChI=1S/C36H32N3O9PS/c1-23(48-49(44,29-17-13-27(45-2)14-18-29)30-19-15-28(46-3)16-20-30)33(36(41)47-22-25-9-11-26(12-10-25)39(42)43)38-34(40)32-35(38)50-31(37-32)21-24-7-5-4-6-8-24/h4-20,32,35H,21-22H2,1-3H3. The Labute approximate surface area is 292 Å². The molecule has 12 nitrogen and oxygen atoms in total. The van der Waals surface area contributed by atoms with E-state index in [2.05, 4.69) is 4.99 Å². The van der Waals surface area contributed by atoms with E-state index in [1.807, 2.05) is 30.3 Å². The number of carbonyl (C=O) groups is 2. The average molecular weight is 714 g/mol. The fourth-order valence-electron chi connectivity index (χ4n) is 5.50. The van der Waals surface area contributed by atoms with Gasteiger partial charge in [-0.1, -0.05) is 42.1 Å². The number of nitro benzene ring substituents is 1. The van der Waals surface area contributed by atoms with Gasteiger partial charge in [0, 0.05) is 18.6 Å². The predicted octanol–water partition coefficient (Wildman–Crippen LogP) is 5.76. The summed E-state index contributed by atoms with van der Waals surface area (Å²) in [4.78, 5) is 44.1. The molecule has 14 heteroatoms. The number of benzene rings is 4. The first-order chi connectivity index (χ1) is 24.1. The van der Waals surface area contributed by atoms with Gasteiger partial charge in [0.2, 0.25) is 0 Å². The van der Waals surface area contributed by atoms with Gasteiger partial charge in [0.05, 0.1) is 34.8 Å². The molecule has 0 radical (unpaired) electrons. The summed E-state index contributed by atoms with van der Waals surface area (Å²) in [7, 11) is -0.938. The molecule has 256 valence electrons. The minimum atomic E-state index is -3.97. The second-order valence-electron chi connectivity index (χ2n) is 11.3. The van der Waals surface area contributed by atoms with E-state index in [-0.39, 0.29) is 23.8 Å². The number of non-ortho nitro benzene ring substituents is 1. The highest BCUT2D eigenvalue weighted by Gasteiger charge is 2.56. The molecule has 2 aliphatic rings. The van der Waals surface area contributed by atoms with Crippen molar-refractivity contribution in [1.82, 2.24) is 4.90 Å². The van der Waals surface area contributed by atoms with E-state index < -0.39 is 35.6 Å². The molecule has 2 atom stereocenters. The Kier molecular flexibility index (Phi) is 10.1. The van der Waals surface area contributed by atoms with Crippen LogP contribution >= 0.6 is 19.1 Å². The predicted molar refractivity (Wildman–Crippen MR) is 189 cm³/mol. The van der Waals surface area contributed by atoms with Crippen molar-refractivity contribution in [2.45, 2.75) is 31.4 Å². The maximum atomic E-state index is 15.0. The van der Waals surface area contributed by atoms with Crippen molar-refractivity contribution >= 4 is 52.3 Å². The normalized spacial score (nSPS) is 17.1. The Morgan fingerprint density at radius 1 is 0.880 bits per heavy atom. The van der Waals surface area contributed by atoms with Crippen LogP contribution in [-0.2, 0) is 36.4 Å². The van der Waals surface area contributed by atoms with Crippen LogP contribution in [-0.4, -0.2) is 52.4 Å². The molecular weight excluding hydrogens is 681 g/mol. The third-order valence-electron chi connectivity index (χ3n) is 8.13. The summed E-state index contributed by atoms with van der Waals surface area (Å²) in [6.07, 6.45) is 0.517. The minimum Gasteiger partial charge on any atom is -0.497 e. The number of likely N-dealkylation sites (tertiary alicyclic amines) is 1. The monoisotopic (exact) mass is 713 g/mol. The van der Waals surface area contributed by atoms with Crippen LogP contribution in [0.15, 0.2) is 120 Å². The summed E-state index contributed by atoms with van der Waals surface area (Å²) < 4.78 is 37.6. The van der Waals surface area contributed by atoms with Gasteiger partial charge >= 0.3 is 13.3 Å². The molecular formula is C36H32N3O9PS. The second kappa shape index (κ2) is 14.6. The Morgan fingerprint density at radius 2 is 1.46 bits per heavy atom. The summed E-state index contributed by atoms with van der Waals surface area (Å²) in [6, 6.07) is 27.6. The summed E-state index contributed by atoms with van der Waals surface area (Å²) in [5.41, 5.74) is 1.18. The zero-order chi connectivity index (χ0) is 35.4. The van der Waals surface area contributed by atoms with E-state index in [0.29, 0.717) is 34.1 Å². The number of β-lactam (4-membered cyclic amide) rings is 1. The third kappa shape index (κ3) is 7.01. The van der Waals surface area contributed by atoms with Crippen LogP contribution in [0.5, 0.6) is 11.5 Å². The lowest BCUT2D eigenvalue weighted by Gasteiger charge is -2.41. The largest absolute Gasteiger partial charge is 0.497 e. The van der Waals surface area contributed by atoms with Crippen LogP contribution in [0.3, 0.4) is 0 Å². The maximum absolute atomic E-state index is 15.0. The first-order valence-electron chi connectivity index (χ1n) is 15.4. The molecule has 1 saturated heterocycles. The van der Waals surface area contributed by atoms with Crippen molar-refractivity contribution in [2.24, 2.45) is 4.99 Å². The zero-order valence-corrected chi connectivity index (χ0v) is 29.0. The molecule has 0 aliphatic carbocycles. The minimum absolute atomic E-state index is 0.0995. The Bertz CT molecular complexity index is 1970. The third-order valence-corrected chi connectivity index (χ3v) is 11.8. The first kappa shape index (κ1) is 34.5. The number of ether oxygens (including phenoxy) is 3. The van der Waals surface area contributed by atoms with Gasteiger partial charge in [-0.3, -0.25) is 29.4 Å². The highest BCUT2D eigenvalue weighted by atomic mass is 32.2. The van der Waals surface area contributed by atoms with E-state index in [9.17, 15) is 19.7 Å². The highest BCUT2D eigenvalue weighted by Crippen LogP contribution is 2.50. The number of hydrogen-bond donors (Lipinski definition) is 0. The number of amides is 1. The van der Waals surface area contributed by atoms with Crippen LogP contribution in [0.1, 0.15) is 18.1 Å². The fourth-order valence-corrected chi connectivity index (χ4v) is 8.88. The number of methoxy groups -OCH3 is 2. The van der Waals surface area contributed by atoms with Gasteiger partial charge < -0.3 is 18.7 Å². The molecule has 0 aromatic heterocycles. The van der Waals surface area contributed by atoms with Crippen molar-refractivity contribution in [3.63, 3.8) is 0 Å². The van der Waals surface area contributed by atoms with Gasteiger partial charge in [0.25, 0.3) is 11.6 Å². The van der Waals surface area contributed by atoms with Crippen molar-refractivity contribution in [3.8, 4) is 11.5 Å². The Morgan fingerprint density at radius 3 is 2.00 bits per heavy atom. The van der Waals surface area contributed by atoms with E-state index in [4.69, 9.17) is 18.7 Å². The summed E-state index contributed by atoms with van der Waals surface area (Å²) >= 11 is 1.36. The first-order valence-corrected chi connectivity index (χ1v) is 17.9. The molecule has 4 aromatic carbocycles. The molecule has 0 N–H and O–H groups in total. The van der Waals surface area contributed by atoms with Gasteiger partial charge in [0.1, 0.15) is 29.2 Å². The average Bonchev–Trinajstić information content (AvgIpc) is 3.51. The number of thioether (sulfide) groups is 1. The van der Waals surface area contributed by atoms with Gasteiger partial charge in [0.15, 0.2) is 11.7 Å². The molecule has 1 fully saturated rings. The smallest absolute Gasteiger partial charge is 0.358 e. The van der Waals surface area contributed by atoms with Gasteiger partial charge in [-0.15, -0.1) is 0 Å². The number of aliphatic imine (C=N–C) groups is 1. The Balaban J connectivity index is 1.35. The lowest BCUT2D eigenvalue weighted by molar-refractivity contribution is -0.384. The van der Waals surface area contributed by atoms with Gasteiger partial charge in [-0.25, -0.2) is 4.79 Å². The lowest BCUT2D eigenvalue weighted by Crippen LogP contribution is -2.61. The van der Waals surface area contributed by atoms with Gasteiger partial charge in [-0.2, -0.15) is 0 Å². The fraction of sp³-hybridized carbons (Fsp3) is 0.194. The molecule has 2 aliphatic heterocycles. The van der Waals surface area contributed by atoms with Crippen molar-refractivity contribution in [1.29, 1.82) is 0 Å². The zero-order valence-electron chi connectivity index (χ0n) is 27.3. The number of allylic oxidation sites excluding steroid dienone is 1. The number of carbonyl (C=O) groups excluding carboxylic acids is 2. The molecule has 6 rings (SSSR count). The quantitative estimate of drug-likeness (QED) is 0.0319. The van der Waals surface area contributed by atoms with Crippen molar-refractivity contribution < 1.29 is 37.8 Å². The SMILES string of the molecule is COc1ccc(P(=O)(OC(C)=C(C(=O)OCc2ccc([N+](=O)[O-])cc2)N2C(=O)C3N=C(Cc4ccccc4)SC32)c2ccc(OC)cc2)cc1. The molecule has 2 heterocycles. The number of esters is 1. The van der Waals surface area contributed by atoms with Crippen LogP contribution < -0.4 is 20.1 Å². The lowest BCUT2D eigenvalue weighted by atomic mass is 10.1. The number of nitrogens with zero attached hydrogens (tertiary/aromatic N) is 3. The van der Waals surface area contributed by atoms with E-state index >= 15 is 4.57 Å². The Hall–Kier alpha value is -5.39. The molecule has 0 spiro atoms. The number of nitro groups is 1. The van der Waals surface area contributed by atoms with E-state index in [1.165, 1.54) is 62.1 Å². The van der Waals surface area contributed by atoms with Crippen LogP contribution in [0.2, 0.25) is 0 Å². The molecule has 0 saturated carbocycles. The summed E-state index contributed by atoms with van der Waals surface area (Å²) in [5, 5.41) is 11.9. The molecule has 1 amide bonds. The van der Waals surface area contributed by atoms with Crippen LogP contribution in [0.25, 0.3) is 0 Å². The van der Waals surface area contributed by atoms with Crippen LogP contribution in [0, 0.1) is 10.1 Å². The van der Waals surface area contributed by atoms with Crippen molar-refractivity contribution in [3.05, 3.63) is 136 Å². The molecule has 0 bridgehead atoms. The molecule has 2 unspecified atom stereocenters. The molecule has 50 heavy (non-hydrogen) atoms. The summed E-state index contributed by atoms with van der Waals surface area (Å²) in [5.74, 6) is -0.350. The van der Waals surface area contributed by atoms with Crippen LogP contribution in [0.4, 0.5) is 5.69 Å². The maximum Gasteiger partial charge on any atom is 0.358 e. The highest BCUT2D eigenvalue weighted by molar-refractivity contribution is 8.14. The topological polar surface area (TPSA) is 147 Å². The second-order valence-corrected chi connectivity index (χ2v) is 14.8. The number of rotatable bonds is 13. The van der Waals surface area contributed by atoms with Gasteiger partial charge in [-0.05, 0) is 78.7 Å². The van der Waals surface area contributed by atoms with E-state index in [1.54, 1.807) is 48.5 Å². The summed E-state index contributed by atoms with van der Waals surface area (Å²) in [6.45, 7) is 1.22. The number of fused-ring (bicyclic) bond motifs is 1. The number of hydrogen-bond acceptors (Lipinski definition) is 11. The molecule has 4 aromatic rings.